The third-order valence-electron chi connectivity index (χ3n) is 5.15. The molecule has 160 valence electrons. The third-order valence-corrected chi connectivity index (χ3v) is 5.44. The number of methoxy groups -OCH3 is 1. The van der Waals surface area contributed by atoms with E-state index in [0.29, 0.717) is 55.7 Å². The number of ether oxygens (including phenoxy) is 3. The van der Waals surface area contributed by atoms with Crippen molar-refractivity contribution in [3.05, 3.63) is 63.2 Å². The van der Waals surface area contributed by atoms with Gasteiger partial charge in [-0.25, -0.2) is 0 Å². The number of hydrogen-bond donors (Lipinski definition) is 1. The Morgan fingerprint density at radius 2 is 1.90 bits per heavy atom. The van der Waals surface area contributed by atoms with Crippen molar-refractivity contribution in [3.8, 4) is 5.75 Å². The van der Waals surface area contributed by atoms with E-state index in [1.54, 1.807) is 37.4 Å². The second kappa shape index (κ2) is 9.88. The first-order chi connectivity index (χ1) is 14.5. The zero-order chi connectivity index (χ0) is 21.6. The molecule has 9 heteroatoms. The summed E-state index contributed by atoms with van der Waals surface area (Å²) in [5, 5.41) is 14.3. The highest BCUT2D eigenvalue weighted by atomic mass is 35.5. The molecule has 2 aromatic carbocycles. The molecule has 1 amide bonds. The van der Waals surface area contributed by atoms with Crippen LogP contribution in [-0.4, -0.2) is 44.4 Å². The smallest absolute Gasteiger partial charge is 0.269 e. The zero-order valence-electron chi connectivity index (χ0n) is 16.6. The van der Waals surface area contributed by atoms with Crippen molar-refractivity contribution in [1.29, 1.82) is 0 Å². The lowest BCUT2D eigenvalue weighted by atomic mass is 9.73. The molecule has 0 aliphatic carbocycles. The van der Waals surface area contributed by atoms with E-state index >= 15 is 0 Å². The van der Waals surface area contributed by atoms with Gasteiger partial charge in [-0.05, 0) is 36.6 Å². The van der Waals surface area contributed by atoms with Gasteiger partial charge in [0.1, 0.15) is 12.4 Å². The minimum atomic E-state index is -0.840. The molecule has 0 bridgehead atoms. The van der Waals surface area contributed by atoms with Crippen LogP contribution in [0.1, 0.15) is 18.4 Å². The lowest BCUT2D eigenvalue weighted by molar-refractivity contribution is -0.384. The second-order valence-corrected chi connectivity index (χ2v) is 7.35. The van der Waals surface area contributed by atoms with Gasteiger partial charge in [0.05, 0.1) is 22.0 Å². The van der Waals surface area contributed by atoms with Crippen LogP contribution in [0.4, 0.5) is 11.4 Å². The summed E-state index contributed by atoms with van der Waals surface area (Å²) in [5.74, 6) is 0.298. The van der Waals surface area contributed by atoms with Crippen LogP contribution in [0.3, 0.4) is 0 Å². The molecule has 2 aromatic rings. The highest BCUT2D eigenvalue weighted by molar-refractivity contribution is 6.32. The van der Waals surface area contributed by atoms with Crippen LogP contribution in [0.25, 0.3) is 0 Å². The van der Waals surface area contributed by atoms with Gasteiger partial charge < -0.3 is 19.5 Å². The average Bonchev–Trinajstić information content (AvgIpc) is 2.76. The topological polar surface area (TPSA) is 99.9 Å². The Bertz CT molecular complexity index is 897. The molecule has 1 N–H and O–H groups in total. The Morgan fingerprint density at radius 1 is 1.20 bits per heavy atom. The number of carbonyl (C=O) groups excluding carboxylic acids is 1. The summed E-state index contributed by atoms with van der Waals surface area (Å²) in [7, 11) is 1.58. The maximum atomic E-state index is 13.3. The van der Waals surface area contributed by atoms with Crippen LogP contribution in [0.15, 0.2) is 42.5 Å². The van der Waals surface area contributed by atoms with Gasteiger partial charge in [0.25, 0.3) is 5.69 Å². The van der Waals surface area contributed by atoms with Gasteiger partial charge in [-0.15, -0.1) is 0 Å². The summed E-state index contributed by atoms with van der Waals surface area (Å²) in [6.07, 6.45) is 0.950. The summed E-state index contributed by atoms with van der Waals surface area (Å²) < 4.78 is 15.9. The first-order valence-corrected chi connectivity index (χ1v) is 9.89. The number of halogens is 1. The van der Waals surface area contributed by atoms with Gasteiger partial charge in [-0.2, -0.15) is 0 Å². The van der Waals surface area contributed by atoms with Crippen molar-refractivity contribution in [2.75, 3.05) is 38.9 Å². The van der Waals surface area contributed by atoms with Crippen LogP contribution in [-0.2, 0) is 19.7 Å². The molecule has 1 fully saturated rings. The van der Waals surface area contributed by atoms with Crippen molar-refractivity contribution >= 4 is 28.9 Å². The number of nitro groups is 1. The largest absolute Gasteiger partial charge is 0.490 e. The van der Waals surface area contributed by atoms with Crippen molar-refractivity contribution in [1.82, 2.24) is 0 Å². The van der Waals surface area contributed by atoms with Gasteiger partial charge in [0.15, 0.2) is 0 Å². The molecule has 1 saturated heterocycles. The molecular weight excluding hydrogens is 412 g/mol. The molecular formula is C21H23ClN2O6. The molecule has 1 aliphatic heterocycles. The molecule has 1 heterocycles. The molecule has 0 atom stereocenters. The number of benzene rings is 2. The number of anilines is 1. The maximum Gasteiger partial charge on any atom is 0.269 e. The van der Waals surface area contributed by atoms with Gasteiger partial charge in [-0.3, -0.25) is 14.9 Å². The Hall–Kier alpha value is -2.68. The molecule has 1 aliphatic rings. The van der Waals surface area contributed by atoms with Gasteiger partial charge in [-0.1, -0.05) is 23.7 Å². The number of rotatable bonds is 8. The van der Waals surface area contributed by atoms with E-state index in [1.165, 1.54) is 12.1 Å². The number of nitro benzene ring substituents is 1. The Balaban J connectivity index is 1.80. The van der Waals surface area contributed by atoms with Gasteiger partial charge in [0, 0.05) is 38.1 Å². The monoisotopic (exact) mass is 434 g/mol. The van der Waals surface area contributed by atoms with Crippen molar-refractivity contribution in [2.45, 2.75) is 18.3 Å². The third kappa shape index (κ3) is 4.89. The molecule has 0 unspecified atom stereocenters. The molecule has 0 saturated carbocycles. The lowest BCUT2D eigenvalue weighted by Crippen LogP contribution is -2.44. The van der Waals surface area contributed by atoms with Crippen molar-refractivity contribution < 1.29 is 23.9 Å². The first kappa shape index (κ1) is 22.0. The number of amides is 1. The van der Waals surface area contributed by atoms with E-state index in [-0.39, 0.29) is 11.6 Å². The summed E-state index contributed by atoms with van der Waals surface area (Å²) in [6, 6.07) is 11.2. The average molecular weight is 435 g/mol. The van der Waals surface area contributed by atoms with E-state index in [1.807, 2.05) is 0 Å². The number of nitrogens with one attached hydrogen (secondary N) is 1. The van der Waals surface area contributed by atoms with Crippen molar-refractivity contribution in [3.63, 3.8) is 0 Å². The van der Waals surface area contributed by atoms with Crippen molar-refractivity contribution in [2.24, 2.45) is 0 Å². The fourth-order valence-electron chi connectivity index (χ4n) is 3.45. The molecule has 3 rings (SSSR count). The second-order valence-electron chi connectivity index (χ2n) is 6.94. The van der Waals surface area contributed by atoms with Gasteiger partial charge in [0.2, 0.25) is 5.91 Å². The normalized spacial score (nSPS) is 15.4. The number of hydrogen-bond acceptors (Lipinski definition) is 6. The van der Waals surface area contributed by atoms with E-state index in [4.69, 9.17) is 25.8 Å². The first-order valence-electron chi connectivity index (χ1n) is 9.52. The fraction of sp³-hybridized carbons (Fsp3) is 0.381. The zero-order valence-corrected chi connectivity index (χ0v) is 17.3. The van der Waals surface area contributed by atoms with Crippen LogP contribution >= 0.6 is 11.6 Å². The van der Waals surface area contributed by atoms with E-state index in [2.05, 4.69) is 5.32 Å². The Kier molecular flexibility index (Phi) is 7.25. The standard InChI is InChI=1S/C21H23ClN2O6/c1-28-12-13-30-19-7-4-16(14-18(19)22)23-20(25)21(8-10-29-11-9-21)15-2-5-17(6-3-15)24(26)27/h2-7,14H,8-13H2,1H3,(H,23,25). The predicted octanol–water partition coefficient (Wildman–Crippen LogP) is 3.96. The summed E-state index contributed by atoms with van der Waals surface area (Å²) in [4.78, 5) is 23.8. The number of non-ortho nitro benzene ring substituents is 1. The quantitative estimate of drug-likeness (QED) is 0.383. The summed E-state index contributed by atoms with van der Waals surface area (Å²) in [5.41, 5.74) is 0.404. The summed E-state index contributed by atoms with van der Waals surface area (Å²) in [6.45, 7) is 1.66. The minimum absolute atomic E-state index is 0.0165. The number of nitrogens with zero attached hydrogens (tertiary/aromatic N) is 1. The van der Waals surface area contributed by atoms with Crippen LogP contribution < -0.4 is 10.1 Å². The predicted molar refractivity (Wildman–Crippen MR) is 112 cm³/mol. The van der Waals surface area contributed by atoms with Gasteiger partial charge >= 0.3 is 0 Å². The highest BCUT2D eigenvalue weighted by Crippen LogP contribution is 2.37. The maximum absolute atomic E-state index is 13.3. The molecule has 0 spiro atoms. The summed E-state index contributed by atoms with van der Waals surface area (Å²) >= 11 is 6.28. The van der Waals surface area contributed by atoms with E-state index < -0.39 is 10.3 Å². The Labute approximate surface area is 179 Å². The highest BCUT2D eigenvalue weighted by Gasteiger charge is 2.42. The molecule has 0 radical (unpaired) electrons. The van der Waals surface area contributed by atoms with E-state index in [9.17, 15) is 14.9 Å². The van der Waals surface area contributed by atoms with E-state index in [0.717, 1.165) is 5.56 Å². The molecule has 0 aromatic heterocycles. The number of carbonyl (C=O) groups is 1. The molecule has 30 heavy (non-hydrogen) atoms. The van der Waals surface area contributed by atoms with Crippen LogP contribution in [0.2, 0.25) is 5.02 Å². The van der Waals surface area contributed by atoms with Crippen LogP contribution in [0.5, 0.6) is 5.75 Å². The SMILES string of the molecule is COCCOc1ccc(NC(=O)C2(c3ccc([N+](=O)[O-])cc3)CCOCC2)cc1Cl. The van der Waals surface area contributed by atoms with Crippen LogP contribution in [0, 0.1) is 10.1 Å². The lowest BCUT2D eigenvalue weighted by Gasteiger charge is -2.36. The molecule has 8 nitrogen and oxygen atoms in total. The Morgan fingerprint density at radius 3 is 2.50 bits per heavy atom. The minimum Gasteiger partial charge on any atom is -0.490 e. The fourth-order valence-corrected chi connectivity index (χ4v) is 3.69.